The van der Waals surface area contributed by atoms with Crippen molar-refractivity contribution in [3.8, 4) is 0 Å². The summed E-state index contributed by atoms with van der Waals surface area (Å²) in [5, 5.41) is 0. The topological polar surface area (TPSA) is 59.1 Å². The molecule has 4 aliphatic heterocycles. The van der Waals surface area contributed by atoms with Crippen LogP contribution < -0.4 is 0 Å². The predicted octanol–water partition coefficient (Wildman–Crippen LogP) is 4.04. The molecule has 1 spiro atoms. The second kappa shape index (κ2) is 7.40. The molecular formula is C27H30N2O4. The van der Waals surface area contributed by atoms with Gasteiger partial charge in [0.05, 0.1) is 30.4 Å². The largest absolute Gasteiger partial charge is 0.347 e. The summed E-state index contributed by atoms with van der Waals surface area (Å²) < 4.78 is 11.6. The summed E-state index contributed by atoms with van der Waals surface area (Å²) in [4.78, 5) is 31.1. The number of nitrogens with zero attached hydrogens (tertiary/aromatic N) is 2. The number of ether oxygens (including phenoxy) is 2. The van der Waals surface area contributed by atoms with Gasteiger partial charge in [-0.1, -0.05) is 50.2 Å². The van der Waals surface area contributed by atoms with E-state index in [9.17, 15) is 9.59 Å². The average molecular weight is 447 g/mol. The van der Waals surface area contributed by atoms with Crippen LogP contribution >= 0.6 is 0 Å². The Morgan fingerprint density at radius 3 is 2.48 bits per heavy atom. The lowest BCUT2D eigenvalue weighted by molar-refractivity contribution is -0.181. The molecule has 0 radical (unpaired) electrons. The third-order valence-corrected chi connectivity index (χ3v) is 7.95. The van der Waals surface area contributed by atoms with Gasteiger partial charge in [0.2, 0.25) is 0 Å². The summed E-state index contributed by atoms with van der Waals surface area (Å²) in [6.45, 7) is 7.46. The zero-order valence-electron chi connectivity index (χ0n) is 19.3. The molecule has 0 bridgehead atoms. The highest BCUT2D eigenvalue weighted by atomic mass is 16.7. The van der Waals surface area contributed by atoms with E-state index < -0.39 is 5.79 Å². The lowest BCUT2D eigenvalue weighted by Gasteiger charge is -2.37. The van der Waals surface area contributed by atoms with Gasteiger partial charge in [-0.2, -0.15) is 0 Å². The van der Waals surface area contributed by atoms with Gasteiger partial charge in [-0.3, -0.25) is 9.59 Å². The second-order valence-electron chi connectivity index (χ2n) is 10.4. The van der Waals surface area contributed by atoms with Gasteiger partial charge in [0.25, 0.3) is 11.8 Å². The number of likely N-dealkylation sites (tertiary alicyclic amines) is 1. The van der Waals surface area contributed by atoms with Crippen LogP contribution in [0.1, 0.15) is 76.6 Å². The van der Waals surface area contributed by atoms with Gasteiger partial charge < -0.3 is 19.3 Å². The molecule has 0 saturated carbocycles. The molecule has 2 saturated heterocycles. The van der Waals surface area contributed by atoms with Crippen molar-refractivity contribution in [2.24, 2.45) is 0 Å². The smallest absolute Gasteiger partial charge is 0.255 e. The van der Waals surface area contributed by atoms with E-state index in [1.54, 1.807) is 0 Å². The first-order valence-electron chi connectivity index (χ1n) is 12.0. The fourth-order valence-corrected chi connectivity index (χ4v) is 6.22. The van der Waals surface area contributed by atoms with Crippen LogP contribution in [0.25, 0.3) is 0 Å². The number of piperidine rings is 1. The highest BCUT2D eigenvalue weighted by Crippen LogP contribution is 2.47. The van der Waals surface area contributed by atoms with Crippen molar-refractivity contribution >= 4 is 11.8 Å². The van der Waals surface area contributed by atoms with Crippen molar-refractivity contribution in [3.05, 3.63) is 70.3 Å². The van der Waals surface area contributed by atoms with Crippen LogP contribution in [0.2, 0.25) is 0 Å². The summed E-state index contributed by atoms with van der Waals surface area (Å²) in [5.74, 6) is -0.615. The number of hydrogen-bond acceptors (Lipinski definition) is 4. The van der Waals surface area contributed by atoms with Crippen LogP contribution in [0.4, 0.5) is 0 Å². The molecule has 6 nitrogen and oxygen atoms in total. The Labute approximate surface area is 194 Å². The number of carbonyl (C=O) groups excluding carboxylic acids is 2. The number of rotatable bonds is 1. The molecule has 2 aromatic carbocycles. The van der Waals surface area contributed by atoms with E-state index in [2.05, 4.69) is 32.0 Å². The number of amides is 2. The zero-order chi connectivity index (χ0) is 22.8. The molecule has 1 atom stereocenters. The van der Waals surface area contributed by atoms with Gasteiger partial charge in [-0.25, -0.2) is 0 Å². The molecule has 33 heavy (non-hydrogen) atoms. The van der Waals surface area contributed by atoms with E-state index in [-0.39, 0.29) is 23.3 Å². The van der Waals surface area contributed by atoms with Crippen LogP contribution in [0.5, 0.6) is 0 Å². The Balaban J connectivity index is 1.32. The van der Waals surface area contributed by atoms with Crippen molar-refractivity contribution in [2.75, 3.05) is 26.3 Å². The standard InChI is InChI=1S/C27H30N2O4/c1-26(2)16-22-19-7-5-8-20(24(30)28-12-10-27(11-13-28)32-14-15-33-27)23(19)25(31)29(22)17-18-6-3-4-9-21(18)26/h3-9,22H,10-17H2,1-2H3/t22-/m0/s1. The Bertz CT molecular complexity index is 1120. The zero-order valence-corrected chi connectivity index (χ0v) is 19.3. The Morgan fingerprint density at radius 1 is 1.00 bits per heavy atom. The minimum atomic E-state index is -0.525. The molecule has 0 aromatic heterocycles. The van der Waals surface area contributed by atoms with Crippen LogP contribution in [0.15, 0.2) is 42.5 Å². The molecule has 2 fully saturated rings. The Morgan fingerprint density at radius 2 is 1.73 bits per heavy atom. The fourth-order valence-electron chi connectivity index (χ4n) is 6.22. The Hall–Kier alpha value is -2.70. The average Bonchev–Trinajstić information content (AvgIpc) is 3.34. The van der Waals surface area contributed by atoms with Gasteiger partial charge in [0, 0.05) is 32.5 Å². The Kier molecular flexibility index (Phi) is 4.68. The van der Waals surface area contributed by atoms with E-state index in [1.165, 1.54) is 11.1 Å². The summed E-state index contributed by atoms with van der Waals surface area (Å²) in [6.07, 6.45) is 2.17. The van der Waals surface area contributed by atoms with Crippen molar-refractivity contribution in [2.45, 2.75) is 56.9 Å². The maximum Gasteiger partial charge on any atom is 0.255 e. The van der Waals surface area contributed by atoms with Crippen LogP contribution in [0.3, 0.4) is 0 Å². The monoisotopic (exact) mass is 446 g/mol. The molecule has 4 heterocycles. The van der Waals surface area contributed by atoms with Gasteiger partial charge in [-0.15, -0.1) is 0 Å². The first kappa shape index (κ1) is 20.9. The first-order chi connectivity index (χ1) is 15.9. The molecule has 2 amide bonds. The van der Waals surface area contributed by atoms with Crippen molar-refractivity contribution in [1.29, 1.82) is 0 Å². The third kappa shape index (κ3) is 3.22. The fraction of sp³-hybridized carbons (Fsp3) is 0.481. The van der Waals surface area contributed by atoms with E-state index in [0.29, 0.717) is 56.8 Å². The molecule has 0 aliphatic carbocycles. The minimum Gasteiger partial charge on any atom is -0.347 e. The van der Waals surface area contributed by atoms with E-state index in [4.69, 9.17) is 9.47 Å². The van der Waals surface area contributed by atoms with E-state index in [1.807, 2.05) is 34.1 Å². The lowest BCUT2D eigenvalue weighted by atomic mass is 9.77. The summed E-state index contributed by atoms with van der Waals surface area (Å²) >= 11 is 0. The predicted molar refractivity (Wildman–Crippen MR) is 123 cm³/mol. The maximum atomic E-state index is 13.7. The second-order valence-corrected chi connectivity index (χ2v) is 10.4. The molecule has 2 aromatic rings. The van der Waals surface area contributed by atoms with Crippen molar-refractivity contribution in [1.82, 2.24) is 9.80 Å². The number of fused-ring (bicyclic) bond motifs is 4. The molecule has 4 aliphatic rings. The quantitative estimate of drug-likeness (QED) is 0.663. The van der Waals surface area contributed by atoms with Crippen LogP contribution in [0, 0.1) is 0 Å². The number of carbonyl (C=O) groups is 2. The first-order valence-corrected chi connectivity index (χ1v) is 12.0. The molecule has 172 valence electrons. The lowest BCUT2D eigenvalue weighted by Crippen LogP contribution is -2.47. The molecule has 0 unspecified atom stereocenters. The summed E-state index contributed by atoms with van der Waals surface area (Å²) in [6, 6.07) is 14.2. The van der Waals surface area contributed by atoms with Crippen molar-refractivity contribution < 1.29 is 19.1 Å². The maximum absolute atomic E-state index is 13.7. The van der Waals surface area contributed by atoms with Gasteiger partial charge in [0.1, 0.15) is 0 Å². The molecular weight excluding hydrogens is 416 g/mol. The van der Waals surface area contributed by atoms with Gasteiger partial charge >= 0.3 is 0 Å². The normalized spacial score (nSPS) is 24.9. The highest BCUT2D eigenvalue weighted by molar-refractivity contribution is 6.10. The SMILES string of the molecule is CC1(C)C[C@H]2c3cccc(C(=O)N4CCC5(CC4)OCCO5)c3C(=O)N2Cc2ccccc21. The van der Waals surface area contributed by atoms with E-state index >= 15 is 0 Å². The molecule has 6 rings (SSSR count). The highest BCUT2D eigenvalue weighted by Gasteiger charge is 2.46. The van der Waals surface area contributed by atoms with Crippen molar-refractivity contribution in [3.63, 3.8) is 0 Å². The van der Waals surface area contributed by atoms with Gasteiger partial charge in [0.15, 0.2) is 5.79 Å². The minimum absolute atomic E-state index is 0.0208. The molecule has 0 N–H and O–H groups in total. The summed E-state index contributed by atoms with van der Waals surface area (Å²) in [7, 11) is 0. The third-order valence-electron chi connectivity index (χ3n) is 7.95. The van der Waals surface area contributed by atoms with Crippen LogP contribution in [-0.2, 0) is 21.4 Å². The van der Waals surface area contributed by atoms with Gasteiger partial charge in [-0.05, 0) is 34.6 Å². The molecule has 6 heteroatoms. The number of hydrogen-bond donors (Lipinski definition) is 0. The van der Waals surface area contributed by atoms with Crippen LogP contribution in [-0.4, -0.2) is 53.7 Å². The summed E-state index contributed by atoms with van der Waals surface area (Å²) in [5.41, 5.74) is 4.54. The van der Waals surface area contributed by atoms with E-state index in [0.717, 1.165) is 12.0 Å². The number of benzene rings is 2.